The van der Waals surface area contributed by atoms with Crippen LogP contribution in [0.15, 0.2) is 22.7 Å². The lowest BCUT2D eigenvalue weighted by molar-refractivity contribution is -0.385. The van der Waals surface area contributed by atoms with Crippen LogP contribution in [0.3, 0.4) is 0 Å². The number of nitro groups is 1. The molecule has 0 spiro atoms. The van der Waals surface area contributed by atoms with Crippen LogP contribution in [0.2, 0.25) is 0 Å². The number of hydrogen-bond acceptors (Lipinski definition) is 3. The van der Waals surface area contributed by atoms with Gasteiger partial charge >= 0.3 is 0 Å². The molecule has 1 rings (SSSR count). The molecule has 17 heavy (non-hydrogen) atoms. The normalized spacial score (nSPS) is 12.8. The smallest absolute Gasteiger partial charge is 0.273 e. The summed E-state index contributed by atoms with van der Waals surface area (Å²) in [5.74, 6) is 0.393. The molecule has 0 aliphatic rings. The van der Waals surface area contributed by atoms with Gasteiger partial charge in [-0.2, -0.15) is 0 Å². The lowest BCUT2D eigenvalue weighted by atomic mass is 9.97. The molecule has 0 heterocycles. The standard InChI is InChI=1S/C12H17BrN2O2/c1-8(2)11(14)6-4-9-3-5-10(13)7-12(9)15(16)17/h3,5,7-8,11H,4,6,14H2,1-2H3. The Bertz CT molecular complexity index is 407. The van der Waals surface area contributed by atoms with E-state index in [0.29, 0.717) is 12.3 Å². The van der Waals surface area contributed by atoms with Crippen molar-refractivity contribution in [2.24, 2.45) is 11.7 Å². The molecule has 1 aromatic carbocycles. The Hall–Kier alpha value is -0.940. The van der Waals surface area contributed by atoms with Crippen molar-refractivity contribution in [2.45, 2.75) is 32.7 Å². The molecule has 1 atom stereocenters. The molecule has 1 unspecified atom stereocenters. The molecule has 0 saturated carbocycles. The minimum Gasteiger partial charge on any atom is -0.327 e. The summed E-state index contributed by atoms with van der Waals surface area (Å²) in [6, 6.07) is 5.23. The van der Waals surface area contributed by atoms with E-state index >= 15 is 0 Å². The van der Waals surface area contributed by atoms with Gasteiger partial charge in [-0.25, -0.2) is 0 Å². The van der Waals surface area contributed by atoms with Gasteiger partial charge < -0.3 is 5.73 Å². The topological polar surface area (TPSA) is 69.2 Å². The van der Waals surface area contributed by atoms with Crippen LogP contribution >= 0.6 is 15.9 Å². The van der Waals surface area contributed by atoms with Crippen molar-refractivity contribution < 1.29 is 4.92 Å². The summed E-state index contributed by atoms with van der Waals surface area (Å²) >= 11 is 3.24. The van der Waals surface area contributed by atoms with E-state index in [-0.39, 0.29) is 16.7 Å². The van der Waals surface area contributed by atoms with Gasteiger partial charge in [0.05, 0.1) is 4.92 Å². The zero-order chi connectivity index (χ0) is 13.0. The van der Waals surface area contributed by atoms with E-state index in [1.54, 1.807) is 6.07 Å². The molecule has 0 aromatic heterocycles. The second-order valence-electron chi connectivity index (χ2n) is 4.48. The number of nitro benzene ring substituents is 1. The Morgan fingerprint density at radius 2 is 2.12 bits per heavy atom. The van der Waals surface area contributed by atoms with Crippen molar-refractivity contribution >= 4 is 21.6 Å². The number of nitrogens with two attached hydrogens (primary N) is 1. The Labute approximate surface area is 109 Å². The molecule has 0 bridgehead atoms. The van der Waals surface area contributed by atoms with Gasteiger partial charge in [0.1, 0.15) is 0 Å². The van der Waals surface area contributed by atoms with Crippen molar-refractivity contribution in [2.75, 3.05) is 0 Å². The highest BCUT2D eigenvalue weighted by molar-refractivity contribution is 9.10. The van der Waals surface area contributed by atoms with E-state index in [4.69, 9.17) is 5.73 Å². The summed E-state index contributed by atoms with van der Waals surface area (Å²) in [5.41, 5.74) is 6.85. The summed E-state index contributed by atoms with van der Waals surface area (Å²) < 4.78 is 0.723. The van der Waals surface area contributed by atoms with Crippen LogP contribution in [0.25, 0.3) is 0 Å². The molecule has 0 aliphatic heterocycles. The third-order valence-electron chi connectivity index (χ3n) is 2.85. The Morgan fingerprint density at radius 1 is 1.47 bits per heavy atom. The van der Waals surface area contributed by atoms with Gasteiger partial charge in [-0.1, -0.05) is 35.8 Å². The number of benzene rings is 1. The third-order valence-corrected chi connectivity index (χ3v) is 3.34. The van der Waals surface area contributed by atoms with Gasteiger partial charge in [-0.05, 0) is 24.8 Å². The van der Waals surface area contributed by atoms with E-state index in [9.17, 15) is 10.1 Å². The van der Waals surface area contributed by atoms with Crippen molar-refractivity contribution in [1.82, 2.24) is 0 Å². The Balaban J connectivity index is 2.80. The highest BCUT2D eigenvalue weighted by atomic mass is 79.9. The predicted octanol–water partition coefficient (Wildman–Crippen LogP) is 3.27. The van der Waals surface area contributed by atoms with Crippen LogP contribution in [0.5, 0.6) is 0 Å². The number of aryl methyl sites for hydroxylation is 1. The van der Waals surface area contributed by atoms with Crippen LogP contribution in [-0.4, -0.2) is 11.0 Å². The predicted molar refractivity (Wildman–Crippen MR) is 71.9 cm³/mol. The van der Waals surface area contributed by atoms with E-state index in [2.05, 4.69) is 29.8 Å². The van der Waals surface area contributed by atoms with Gasteiger partial charge in [0.2, 0.25) is 0 Å². The first-order valence-corrected chi connectivity index (χ1v) is 6.39. The molecular formula is C12H17BrN2O2. The number of halogens is 1. The molecule has 0 aliphatic carbocycles. The molecule has 0 radical (unpaired) electrons. The fourth-order valence-electron chi connectivity index (χ4n) is 1.57. The van der Waals surface area contributed by atoms with Crippen molar-refractivity contribution in [3.63, 3.8) is 0 Å². The maximum absolute atomic E-state index is 10.9. The third kappa shape index (κ3) is 4.09. The second kappa shape index (κ2) is 6.12. The monoisotopic (exact) mass is 300 g/mol. The van der Waals surface area contributed by atoms with Gasteiger partial charge in [0.15, 0.2) is 0 Å². The summed E-state index contributed by atoms with van der Waals surface area (Å²) in [6.07, 6.45) is 1.41. The number of hydrogen-bond donors (Lipinski definition) is 1. The first kappa shape index (κ1) is 14.1. The molecule has 1 aromatic rings. The maximum Gasteiger partial charge on any atom is 0.273 e. The molecule has 0 fully saturated rings. The first-order valence-electron chi connectivity index (χ1n) is 5.60. The molecule has 0 saturated heterocycles. The van der Waals surface area contributed by atoms with E-state index in [1.165, 1.54) is 6.07 Å². The molecule has 5 heteroatoms. The van der Waals surface area contributed by atoms with Crippen molar-refractivity contribution in [1.29, 1.82) is 0 Å². The van der Waals surface area contributed by atoms with Crippen LogP contribution in [0, 0.1) is 16.0 Å². The van der Waals surface area contributed by atoms with Crippen molar-refractivity contribution in [3.05, 3.63) is 38.3 Å². The summed E-state index contributed by atoms with van der Waals surface area (Å²) in [5, 5.41) is 10.9. The van der Waals surface area contributed by atoms with Gasteiger partial charge in [-0.15, -0.1) is 0 Å². The summed E-state index contributed by atoms with van der Waals surface area (Å²) in [4.78, 5) is 10.6. The SMILES string of the molecule is CC(C)C(N)CCc1ccc(Br)cc1[N+](=O)[O-]. The zero-order valence-corrected chi connectivity index (χ0v) is 11.6. The van der Waals surface area contributed by atoms with Crippen LogP contribution < -0.4 is 5.73 Å². The fraction of sp³-hybridized carbons (Fsp3) is 0.500. The maximum atomic E-state index is 10.9. The highest BCUT2D eigenvalue weighted by Crippen LogP contribution is 2.25. The summed E-state index contributed by atoms with van der Waals surface area (Å²) in [7, 11) is 0. The van der Waals surface area contributed by atoms with Gasteiger partial charge in [-0.3, -0.25) is 10.1 Å². The Morgan fingerprint density at radius 3 is 2.65 bits per heavy atom. The minimum absolute atomic E-state index is 0.0817. The average molecular weight is 301 g/mol. The number of nitrogens with zero attached hydrogens (tertiary/aromatic N) is 1. The minimum atomic E-state index is -0.346. The molecule has 94 valence electrons. The molecular weight excluding hydrogens is 284 g/mol. The highest BCUT2D eigenvalue weighted by Gasteiger charge is 2.15. The summed E-state index contributed by atoms with van der Waals surface area (Å²) in [6.45, 7) is 4.11. The molecule has 4 nitrogen and oxygen atoms in total. The Kier molecular flexibility index (Phi) is 5.08. The lowest BCUT2D eigenvalue weighted by Crippen LogP contribution is -2.26. The average Bonchev–Trinajstić information content (AvgIpc) is 2.26. The van der Waals surface area contributed by atoms with Crippen LogP contribution in [-0.2, 0) is 6.42 Å². The van der Waals surface area contributed by atoms with E-state index in [0.717, 1.165) is 16.5 Å². The van der Waals surface area contributed by atoms with Crippen LogP contribution in [0.4, 0.5) is 5.69 Å². The fourth-order valence-corrected chi connectivity index (χ4v) is 1.92. The first-order chi connectivity index (χ1) is 7.91. The second-order valence-corrected chi connectivity index (χ2v) is 5.39. The van der Waals surface area contributed by atoms with E-state index < -0.39 is 0 Å². The quantitative estimate of drug-likeness (QED) is 0.670. The molecule has 2 N–H and O–H groups in total. The van der Waals surface area contributed by atoms with Gasteiger partial charge in [0, 0.05) is 22.1 Å². The van der Waals surface area contributed by atoms with Gasteiger partial charge in [0.25, 0.3) is 5.69 Å². The molecule has 0 amide bonds. The largest absolute Gasteiger partial charge is 0.327 e. The van der Waals surface area contributed by atoms with Crippen LogP contribution in [0.1, 0.15) is 25.8 Å². The lowest BCUT2D eigenvalue weighted by Gasteiger charge is -2.15. The van der Waals surface area contributed by atoms with Crippen molar-refractivity contribution in [3.8, 4) is 0 Å². The van der Waals surface area contributed by atoms with E-state index in [1.807, 2.05) is 6.07 Å². The zero-order valence-electron chi connectivity index (χ0n) is 10.0. The number of rotatable bonds is 5.